The number of carbonyl (C=O) groups excluding carboxylic acids is 3. The minimum absolute atomic E-state index is 0.00425. The van der Waals surface area contributed by atoms with E-state index >= 15 is 0 Å². The minimum atomic E-state index is -0.736. The third kappa shape index (κ3) is 8.06. The summed E-state index contributed by atoms with van der Waals surface area (Å²) in [5.41, 5.74) is 2.29. The number of rotatable bonds is 7. The molecule has 2 aliphatic rings. The summed E-state index contributed by atoms with van der Waals surface area (Å²) in [6, 6.07) is 15.6. The zero-order valence-corrected chi connectivity index (χ0v) is 25.3. The summed E-state index contributed by atoms with van der Waals surface area (Å²) in [6.45, 7) is 2.18. The van der Waals surface area contributed by atoms with Crippen LogP contribution in [0.4, 0.5) is 10.5 Å². The Balaban J connectivity index is 1.19. The second kappa shape index (κ2) is 14.8. The number of guanidine groups is 1. The number of hydrogen-bond donors (Lipinski definition) is 3. The van der Waals surface area contributed by atoms with Crippen LogP contribution in [-0.2, 0) is 20.9 Å². The number of oxime groups is 1. The van der Waals surface area contributed by atoms with Crippen molar-refractivity contribution in [2.24, 2.45) is 21.1 Å². The van der Waals surface area contributed by atoms with Crippen molar-refractivity contribution in [3.63, 3.8) is 0 Å². The van der Waals surface area contributed by atoms with Gasteiger partial charge in [-0.1, -0.05) is 41.9 Å². The molecule has 2 aliphatic heterocycles. The van der Waals surface area contributed by atoms with Gasteiger partial charge >= 0.3 is 6.09 Å². The quantitative estimate of drug-likeness (QED) is 0.0889. The molecule has 2 aromatic carbocycles. The van der Waals surface area contributed by atoms with Crippen LogP contribution in [0.5, 0.6) is 0 Å². The molecule has 2 atom stereocenters. The zero-order chi connectivity index (χ0) is 32.5. The van der Waals surface area contributed by atoms with Gasteiger partial charge in [0.15, 0.2) is 6.19 Å². The molecule has 5 rings (SSSR count). The first-order chi connectivity index (χ1) is 22.3. The molecule has 3 amide bonds. The zero-order valence-electron chi connectivity index (χ0n) is 25.3. The van der Waals surface area contributed by atoms with Crippen molar-refractivity contribution in [3.05, 3.63) is 65.9 Å². The molecule has 3 N–H and O–H groups in total. The number of nitriles is 1. The molecule has 2 unspecified atom stereocenters. The number of aryl methyl sites for hydroxylation is 1. The first kappa shape index (κ1) is 31.7. The number of hydrogen-bond acceptors (Lipinski definition) is 9. The van der Waals surface area contributed by atoms with E-state index in [0.29, 0.717) is 25.1 Å². The number of alkyl carbamates (subject to hydrolysis) is 1. The predicted octanol–water partition coefficient (Wildman–Crippen LogP) is 3.47. The van der Waals surface area contributed by atoms with Crippen molar-refractivity contribution in [1.82, 2.24) is 20.4 Å². The van der Waals surface area contributed by atoms with Crippen LogP contribution in [0, 0.1) is 24.3 Å². The fourth-order valence-electron chi connectivity index (χ4n) is 5.37. The maximum absolute atomic E-state index is 13.5. The van der Waals surface area contributed by atoms with E-state index in [9.17, 15) is 24.9 Å². The Morgan fingerprint density at radius 1 is 1.20 bits per heavy atom. The predicted molar refractivity (Wildman–Crippen MR) is 169 cm³/mol. The maximum atomic E-state index is 13.5. The largest absolute Gasteiger partial charge is 0.461 e. The molecule has 0 saturated carbocycles. The fourth-order valence-corrected chi connectivity index (χ4v) is 5.37. The molecular formula is C32H34N8O6. The lowest BCUT2D eigenvalue weighted by atomic mass is 10.0. The summed E-state index contributed by atoms with van der Waals surface area (Å²) < 4.78 is 10.9. The van der Waals surface area contributed by atoms with Gasteiger partial charge in [0.1, 0.15) is 23.7 Å². The topological polar surface area (TPSA) is 185 Å². The summed E-state index contributed by atoms with van der Waals surface area (Å²) in [6.07, 6.45) is 4.54. The molecule has 238 valence electrons. The number of ether oxygens (including phenoxy) is 1. The number of aliphatic imine (C=N–C) groups is 2. The van der Waals surface area contributed by atoms with Gasteiger partial charge in [-0.05, 0) is 49.6 Å². The highest BCUT2D eigenvalue weighted by Gasteiger charge is 2.36. The summed E-state index contributed by atoms with van der Waals surface area (Å²) in [5, 5.41) is 28.0. The number of likely N-dealkylation sites (tertiary alicyclic amines) is 2. The number of carbonyl (C=O) groups is 3. The van der Waals surface area contributed by atoms with Crippen LogP contribution in [0.3, 0.4) is 0 Å². The molecule has 46 heavy (non-hydrogen) atoms. The highest BCUT2D eigenvalue weighted by Crippen LogP contribution is 2.24. The summed E-state index contributed by atoms with van der Waals surface area (Å²) in [4.78, 5) is 50.8. The van der Waals surface area contributed by atoms with Crippen LogP contribution in [0.15, 0.2) is 74.2 Å². The summed E-state index contributed by atoms with van der Waals surface area (Å²) in [7, 11) is 0. The van der Waals surface area contributed by atoms with Crippen LogP contribution in [0.1, 0.15) is 30.6 Å². The minimum Gasteiger partial charge on any atom is -0.461 e. The van der Waals surface area contributed by atoms with E-state index in [0.717, 1.165) is 28.7 Å². The average Bonchev–Trinajstić information content (AvgIpc) is 3.59. The molecule has 3 aromatic rings. The molecule has 0 radical (unpaired) electrons. The highest BCUT2D eigenvalue weighted by atomic mass is 16.5. The summed E-state index contributed by atoms with van der Waals surface area (Å²) in [5.74, 6) is -0.456. The van der Waals surface area contributed by atoms with Gasteiger partial charge < -0.3 is 29.5 Å². The van der Waals surface area contributed by atoms with Gasteiger partial charge in [-0.25, -0.2) is 14.8 Å². The highest BCUT2D eigenvalue weighted by molar-refractivity contribution is 6.02. The van der Waals surface area contributed by atoms with Crippen molar-refractivity contribution in [3.8, 4) is 6.19 Å². The normalized spacial score (nSPS) is 19.8. The Morgan fingerprint density at radius 2 is 2.02 bits per heavy atom. The first-order valence-electron chi connectivity index (χ1n) is 14.9. The number of furan rings is 1. The Morgan fingerprint density at radius 3 is 2.80 bits per heavy atom. The molecule has 0 spiro atoms. The van der Waals surface area contributed by atoms with E-state index in [-0.39, 0.29) is 49.7 Å². The Labute approximate surface area is 265 Å². The van der Waals surface area contributed by atoms with Crippen LogP contribution in [0.2, 0.25) is 0 Å². The number of benzene rings is 2. The molecule has 0 bridgehead atoms. The van der Waals surface area contributed by atoms with Crippen molar-refractivity contribution in [1.29, 1.82) is 5.26 Å². The van der Waals surface area contributed by atoms with Crippen molar-refractivity contribution < 1.29 is 28.7 Å². The van der Waals surface area contributed by atoms with Crippen LogP contribution < -0.4 is 10.6 Å². The van der Waals surface area contributed by atoms with Gasteiger partial charge in [0.2, 0.25) is 17.8 Å². The molecule has 2 fully saturated rings. The average molecular weight is 627 g/mol. The van der Waals surface area contributed by atoms with E-state index in [4.69, 9.17) is 9.15 Å². The first-order valence-corrected chi connectivity index (χ1v) is 14.9. The van der Waals surface area contributed by atoms with Gasteiger partial charge in [-0.2, -0.15) is 5.26 Å². The second-order valence-electron chi connectivity index (χ2n) is 11.0. The van der Waals surface area contributed by atoms with Gasteiger partial charge in [-0.15, -0.1) is 0 Å². The molecule has 1 aromatic heterocycles. The maximum Gasteiger partial charge on any atom is 0.408 e. The third-order valence-electron chi connectivity index (χ3n) is 7.69. The molecule has 3 heterocycles. The lowest BCUT2D eigenvalue weighted by Gasteiger charge is -2.25. The van der Waals surface area contributed by atoms with Gasteiger partial charge in [0, 0.05) is 24.7 Å². The fraction of sp³-hybridized carbons (Fsp3) is 0.344. The van der Waals surface area contributed by atoms with Crippen LogP contribution >= 0.6 is 0 Å². The standard InChI is InChI=1S/C32H34N8O6/c1-21-13-24-14-25(10-11-28(24)46-21)36-31(35-20-33)34-15-23-9-5-6-12-39(30(23)42)18-29(41)40-16-26(27(17-40)38-44)37-32(43)45-19-22-7-3-2-4-8-22/h2-4,7-8,10-11,13-15,23,26,44H,5-6,9,12,16-19H2,1H3,(H,35,36)(H,37,43)/b34-15-,38-27-. The molecular weight excluding hydrogens is 592 g/mol. The lowest BCUT2D eigenvalue weighted by Crippen LogP contribution is -2.45. The molecule has 14 heteroatoms. The van der Waals surface area contributed by atoms with Gasteiger partial charge in [0.25, 0.3) is 0 Å². The second-order valence-corrected chi connectivity index (χ2v) is 11.0. The van der Waals surface area contributed by atoms with Gasteiger partial charge in [0.05, 0.1) is 30.7 Å². The molecule has 0 aliphatic carbocycles. The number of fused-ring (bicyclic) bond motifs is 1. The van der Waals surface area contributed by atoms with E-state index in [1.165, 1.54) is 16.0 Å². The van der Waals surface area contributed by atoms with E-state index in [1.807, 2.05) is 55.6 Å². The molecule has 2 saturated heterocycles. The number of nitrogens with zero attached hydrogens (tertiary/aromatic N) is 6. The number of amides is 3. The van der Waals surface area contributed by atoms with E-state index in [1.54, 1.807) is 12.1 Å². The van der Waals surface area contributed by atoms with Crippen LogP contribution in [0.25, 0.3) is 11.0 Å². The lowest BCUT2D eigenvalue weighted by molar-refractivity contribution is -0.140. The Kier molecular flexibility index (Phi) is 10.2. The monoisotopic (exact) mass is 626 g/mol. The van der Waals surface area contributed by atoms with Crippen molar-refractivity contribution >= 4 is 52.5 Å². The van der Waals surface area contributed by atoms with Crippen molar-refractivity contribution in [2.45, 2.75) is 38.8 Å². The van der Waals surface area contributed by atoms with Crippen LogP contribution in [-0.4, -0.2) is 83.0 Å². The Hall–Kier alpha value is -5.71. The summed E-state index contributed by atoms with van der Waals surface area (Å²) >= 11 is 0. The smallest absolute Gasteiger partial charge is 0.408 e. The molecule has 14 nitrogen and oxygen atoms in total. The van der Waals surface area contributed by atoms with Crippen molar-refractivity contribution in [2.75, 3.05) is 26.2 Å². The third-order valence-corrected chi connectivity index (χ3v) is 7.69. The number of nitrogens with one attached hydrogen (secondary N) is 2. The van der Waals surface area contributed by atoms with Gasteiger partial charge in [-0.3, -0.25) is 14.9 Å². The SMILES string of the molecule is Cc1cc2cc(N=C(/N=C\C3CCCCN(CC(=O)N4C/C(=N/O)C(NC(=O)OCc5ccccc5)C4)C3=O)NC#N)ccc2o1. The van der Waals surface area contributed by atoms with E-state index in [2.05, 4.69) is 25.8 Å². The Bertz CT molecular complexity index is 1710. The van der Waals surface area contributed by atoms with E-state index < -0.39 is 18.1 Å².